The van der Waals surface area contributed by atoms with Gasteiger partial charge in [0.05, 0.1) is 12.6 Å². The van der Waals surface area contributed by atoms with Gasteiger partial charge >= 0.3 is 0 Å². The fourth-order valence-electron chi connectivity index (χ4n) is 2.92. The summed E-state index contributed by atoms with van der Waals surface area (Å²) < 4.78 is 4.91. The molecule has 2 N–H and O–H groups in total. The van der Waals surface area contributed by atoms with Crippen LogP contribution >= 0.6 is 0 Å². The van der Waals surface area contributed by atoms with Crippen LogP contribution in [0, 0.1) is 5.92 Å². The third-order valence-corrected chi connectivity index (χ3v) is 3.78. The van der Waals surface area contributed by atoms with Gasteiger partial charge in [0.2, 0.25) is 5.91 Å². The Kier molecular flexibility index (Phi) is 4.18. The second-order valence-electron chi connectivity index (χ2n) is 4.89. The molecular formula is C12H22N2O2. The van der Waals surface area contributed by atoms with Gasteiger partial charge in [0.1, 0.15) is 0 Å². The van der Waals surface area contributed by atoms with Crippen molar-refractivity contribution in [1.29, 1.82) is 0 Å². The number of ether oxygens (including phenoxy) is 1. The smallest absolute Gasteiger partial charge is 0.237 e. The minimum absolute atomic E-state index is 0.0324. The van der Waals surface area contributed by atoms with Crippen LogP contribution in [0.1, 0.15) is 32.1 Å². The summed E-state index contributed by atoms with van der Waals surface area (Å²) in [5.74, 6) is 0.873. The predicted octanol–water partition coefficient (Wildman–Crippen LogP) is 0.670. The number of nitrogens with one attached hydrogen (secondary N) is 2. The molecule has 0 aromatic rings. The van der Waals surface area contributed by atoms with Gasteiger partial charge in [-0.15, -0.1) is 0 Å². The van der Waals surface area contributed by atoms with E-state index >= 15 is 0 Å². The SMILES string of the molecule is COCCNC(=O)C1CC2CCCCC2N1. The van der Waals surface area contributed by atoms with Gasteiger partial charge in [0, 0.05) is 19.7 Å². The van der Waals surface area contributed by atoms with Gasteiger partial charge in [0.25, 0.3) is 0 Å². The first-order chi connectivity index (χ1) is 7.81. The maximum absolute atomic E-state index is 11.8. The Morgan fingerprint density at radius 3 is 3.00 bits per heavy atom. The van der Waals surface area contributed by atoms with Crippen LogP contribution in [0.4, 0.5) is 0 Å². The lowest BCUT2D eigenvalue weighted by Gasteiger charge is -2.24. The molecule has 2 fully saturated rings. The lowest BCUT2D eigenvalue weighted by atomic mass is 9.85. The third kappa shape index (κ3) is 2.74. The van der Waals surface area contributed by atoms with Crippen LogP contribution in [0.3, 0.4) is 0 Å². The lowest BCUT2D eigenvalue weighted by molar-refractivity contribution is -0.123. The molecule has 1 aliphatic carbocycles. The number of fused-ring (bicyclic) bond motifs is 1. The van der Waals surface area contributed by atoms with Crippen LogP contribution in [0.5, 0.6) is 0 Å². The minimum atomic E-state index is 0.0324. The monoisotopic (exact) mass is 226 g/mol. The van der Waals surface area contributed by atoms with Crippen molar-refractivity contribution in [2.75, 3.05) is 20.3 Å². The van der Waals surface area contributed by atoms with Crippen molar-refractivity contribution in [2.45, 2.75) is 44.2 Å². The molecule has 4 heteroatoms. The average molecular weight is 226 g/mol. The maximum atomic E-state index is 11.8. The summed E-state index contributed by atoms with van der Waals surface area (Å²) in [7, 11) is 1.65. The summed E-state index contributed by atoms with van der Waals surface area (Å²) in [5.41, 5.74) is 0. The van der Waals surface area contributed by atoms with E-state index in [0.29, 0.717) is 19.2 Å². The first-order valence-corrected chi connectivity index (χ1v) is 6.34. The summed E-state index contributed by atoms with van der Waals surface area (Å²) >= 11 is 0. The fourth-order valence-corrected chi connectivity index (χ4v) is 2.92. The summed E-state index contributed by atoms with van der Waals surface area (Å²) in [5, 5.41) is 6.38. The highest BCUT2D eigenvalue weighted by Crippen LogP contribution is 2.33. The molecule has 0 aromatic carbocycles. The highest BCUT2D eigenvalue weighted by Gasteiger charge is 2.37. The molecule has 3 atom stereocenters. The van der Waals surface area contributed by atoms with Crippen molar-refractivity contribution in [1.82, 2.24) is 10.6 Å². The Balaban J connectivity index is 1.76. The normalized spacial score (nSPS) is 33.4. The molecule has 1 aliphatic heterocycles. The van der Waals surface area contributed by atoms with Crippen molar-refractivity contribution < 1.29 is 9.53 Å². The van der Waals surface area contributed by atoms with Crippen molar-refractivity contribution in [3.63, 3.8) is 0 Å². The molecule has 1 saturated carbocycles. The summed E-state index contributed by atoms with van der Waals surface area (Å²) in [6.45, 7) is 1.20. The maximum Gasteiger partial charge on any atom is 0.237 e. The van der Waals surface area contributed by atoms with Crippen molar-refractivity contribution in [3.8, 4) is 0 Å². The van der Waals surface area contributed by atoms with Crippen LogP contribution in [-0.2, 0) is 9.53 Å². The van der Waals surface area contributed by atoms with Crippen LogP contribution in [0.2, 0.25) is 0 Å². The Bertz CT molecular complexity index is 231. The number of rotatable bonds is 4. The van der Waals surface area contributed by atoms with Gasteiger partial charge in [-0.1, -0.05) is 12.8 Å². The van der Waals surface area contributed by atoms with E-state index in [9.17, 15) is 4.79 Å². The van der Waals surface area contributed by atoms with Crippen LogP contribution in [-0.4, -0.2) is 38.3 Å². The Labute approximate surface area is 97.1 Å². The first kappa shape index (κ1) is 11.9. The van der Waals surface area contributed by atoms with Crippen molar-refractivity contribution >= 4 is 5.91 Å². The Hall–Kier alpha value is -0.610. The summed E-state index contributed by atoms with van der Waals surface area (Å²) in [6, 6.07) is 0.622. The van der Waals surface area contributed by atoms with Crippen LogP contribution < -0.4 is 10.6 Å². The molecule has 4 nitrogen and oxygen atoms in total. The molecule has 2 rings (SSSR count). The molecular weight excluding hydrogens is 204 g/mol. The quantitative estimate of drug-likeness (QED) is 0.693. The second-order valence-corrected chi connectivity index (χ2v) is 4.89. The van der Waals surface area contributed by atoms with Gasteiger partial charge < -0.3 is 15.4 Å². The zero-order valence-electron chi connectivity index (χ0n) is 10.00. The molecule has 16 heavy (non-hydrogen) atoms. The number of carbonyl (C=O) groups is 1. The largest absolute Gasteiger partial charge is 0.383 e. The topological polar surface area (TPSA) is 50.4 Å². The molecule has 1 heterocycles. The number of methoxy groups -OCH3 is 1. The molecule has 0 radical (unpaired) electrons. The molecule has 0 spiro atoms. The van der Waals surface area contributed by atoms with Gasteiger partial charge in [-0.05, 0) is 25.2 Å². The van der Waals surface area contributed by atoms with Crippen LogP contribution in [0.15, 0.2) is 0 Å². The van der Waals surface area contributed by atoms with E-state index in [1.165, 1.54) is 25.7 Å². The summed E-state index contributed by atoms with van der Waals surface area (Å²) in [4.78, 5) is 11.8. The minimum Gasteiger partial charge on any atom is -0.383 e. The molecule has 0 aromatic heterocycles. The Morgan fingerprint density at radius 2 is 2.25 bits per heavy atom. The molecule has 92 valence electrons. The van der Waals surface area contributed by atoms with E-state index in [2.05, 4.69) is 10.6 Å². The average Bonchev–Trinajstić information content (AvgIpc) is 2.73. The van der Waals surface area contributed by atoms with E-state index in [1.807, 2.05) is 0 Å². The van der Waals surface area contributed by atoms with Gasteiger partial charge in [-0.2, -0.15) is 0 Å². The van der Waals surface area contributed by atoms with Gasteiger partial charge in [-0.25, -0.2) is 0 Å². The zero-order valence-corrected chi connectivity index (χ0v) is 10.00. The standard InChI is InChI=1S/C12H22N2O2/c1-16-7-6-13-12(15)11-8-9-4-2-3-5-10(9)14-11/h9-11,14H,2-8H2,1H3,(H,13,15). The lowest BCUT2D eigenvalue weighted by Crippen LogP contribution is -2.44. The third-order valence-electron chi connectivity index (χ3n) is 3.78. The van der Waals surface area contributed by atoms with Gasteiger partial charge in [0.15, 0.2) is 0 Å². The molecule has 1 amide bonds. The first-order valence-electron chi connectivity index (χ1n) is 6.34. The van der Waals surface area contributed by atoms with E-state index < -0.39 is 0 Å². The highest BCUT2D eigenvalue weighted by molar-refractivity contribution is 5.82. The highest BCUT2D eigenvalue weighted by atomic mass is 16.5. The summed E-state index contributed by atoms with van der Waals surface area (Å²) in [6.07, 6.45) is 6.20. The Morgan fingerprint density at radius 1 is 1.44 bits per heavy atom. The van der Waals surface area contributed by atoms with Crippen molar-refractivity contribution in [3.05, 3.63) is 0 Å². The van der Waals surface area contributed by atoms with E-state index in [4.69, 9.17) is 4.74 Å². The van der Waals surface area contributed by atoms with E-state index in [-0.39, 0.29) is 11.9 Å². The fraction of sp³-hybridized carbons (Fsp3) is 0.917. The molecule has 3 unspecified atom stereocenters. The second kappa shape index (κ2) is 5.64. The molecule has 2 aliphatic rings. The zero-order chi connectivity index (χ0) is 11.4. The molecule has 0 bridgehead atoms. The molecule has 1 saturated heterocycles. The number of hydrogen-bond donors (Lipinski definition) is 2. The predicted molar refractivity (Wildman–Crippen MR) is 62.2 cm³/mol. The van der Waals surface area contributed by atoms with Gasteiger partial charge in [-0.3, -0.25) is 4.79 Å². The van der Waals surface area contributed by atoms with Crippen LogP contribution in [0.25, 0.3) is 0 Å². The van der Waals surface area contributed by atoms with E-state index in [1.54, 1.807) is 7.11 Å². The van der Waals surface area contributed by atoms with Crippen molar-refractivity contribution in [2.24, 2.45) is 5.92 Å². The number of hydrogen-bond acceptors (Lipinski definition) is 3. The number of carbonyl (C=O) groups excluding carboxylic acids is 1. The number of amides is 1. The van der Waals surface area contributed by atoms with E-state index in [0.717, 1.165) is 12.3 Å².